The van der Waals surface area contributed by atoms with E-state index in [9.17, 15) is 0 Å². The summed E-state index contributed by atoms with van der Waals surface area (Å²) in [5.74, 6) is 0.938. The predicted octanol–water partition coefficient (Wildman–Crippen LogP) is 2.52. The summed E-state index contributed by atoms with van der Waals surface area (Å²) in [5.41, 5.74) is 1.17. The quantitative estimate of drug-likeness (QED) is 0.702. The molecule has 3 nitrogen and oxygen atoms in total. The van der Waals surface area contributed by atoms with E-state index in [0.29, 0.717) is 0 Å². The number of hydrogen-bond acceptors (Lipinski definition) is 3. The van der Waals surface area contributed by atoms with Gasteiger partial charge in [0.25, 0.3) is 0 Å². The summed E-state index contributed by atoms with van der Waals surface area (Å²) in [6.07, 6.45) is 2.47. The van der Waals surface area contributed by atoms with Crippen LogP contribution in [0.4, 0.5) is 5.69 Å². The van der Waals surface area contributed by atoms with Gasteiger partial charge in [-0.05, 0) is 25.1 Å². The van der Waals surface area contributed by atoms with Crippen LogP contribution in [0.3, 0.4) is 0 Å². The molecule has 0 saturated carbocycles. The number of hydrogen-bond donors (Lipinski definition) is 1. The molecule has 1 N–H and O–H groups in total. The highest BCUT2D eigenvalue weighted by Gasteiger charge is 1.98. The lowest BCUT2D eigenvalue weighted by Crippen LogP contribution is -2.22. The molecular formula is C14H24N2O. The molecule has 0 aliphatic carbocycles. The summed E-state index contributed by atoms with van der Waals surface area (Å²) in [6.45, 7) is 4.91. The van der Waals surface area contributed by atoms with Gasteiger partial charge in [0, 0.05) is 32.4 Å². The number of anilines is 1. The Morgan fingerprint density at radius 1 is 1.24 bits per heavy atom. The van der Waals surface area contributed by atoms with Gasteiger partial charge >= 0.3 is 0 Å². The molecule has 1 aromatic rings. The van der Waals surface area contributed by atoms with Crippen molar-refractivity contribution in [3.8, 4) is 5.75 Å². The Kier molecular flexibility index (Phi) is 6.48. The molecule has 17 heavy (non-hydrogen) atoms. The Labute approximate surface area is 105 Å². The highest BCUT2D eigenvalue weighted by molar-refractivity contribution is 5.49. The molecule has 1 rings (SSSR count). The summed E-state index contributed by atoms with van der Waals surface area (Å²) in [6, 6.07) is 8.16. The molecule has 1 aromatic carbocycles. The van der Waals surface area contributed by atoms with E-state index in [2.05, 4.69) is 29.3 Å². The first-order chi connectivity index (χ1) is 8.24. The monoisotopic (exact) mass is 236 g/mol. The van der Waals surface area contributed by atoms with Crippen molar-refractivity contribution < 1.29 is 4.74 Å². The average molecular weight is 236 g/mol. The van der Waals surface area contributed by atoms with Crippen molar-refractivity contribution in [3.63, 3.8) is 0 Å². The van der Waals surface area contributed by atoms with Gasteiger partial charge in [-0.2, -0.15) is 0 Å². The van der Waals surface area contributed by atoms with Crippen molar-refractivity contribution in [2.24, 2.45) is 0 Å². The van der Waals surface area contributed by atoms with Gasteiger partial charge in [0.2, 0.25) is 0 Å². The number of nitrogens with zero attached hydrogens (tertiary/aromatic N) is 1. The van der Waals surface area contributed by atoms with Gasteiger partial charge in [0.05, 0.1) is 0 Å². The summed E-state index contributed by atoms with van der Waals surface area (Å²) < 4.78 is 5.69. The van der Waals surface area contributed by atoms with Crippen LogP contribution >= 0.6 is 0 Å². The second kappa shape index (κ2) is 7.96. The van der Waals surface area contributed by atoms with E-state index in [-0.39, 0.29) is 0 Å². The molecular weight excluding hydrogens is 212 g/mol. The van der Waals surface area contributed by atoms with E-state index in [1.807, 2.05) is 26.2 Å². The lowest BCUT2D eigenvalue weighted by atomic mass is 10.3. The van der Waals surface area contributed by atoms with Crippen molar-refractivity contribution in [1.82, 2.24) is 5.32 Å². The van der Waals surface area contributed by atoms with Crippen LogP contribution in [0.25, 0.3) is 0 Å². The standard InChI is InChI=1S/C14H24N2O/c1-4-5-9-15-10-11-17-14-8-6-7-13(12-14)16(2)3/h6-8,12,15H,4-5,9-11H2,1-3H3. The zero-order chi connectivity index (χ0) is 12.5. The molecule has 0 amide bonds. The van der Waals surface area contributed by atoms with E-state index >= 15 is 0 Å². The van der Waals surface area contributed by atoms with Crippen LogP contribution in [-0.2, 0) is 0 Å². The first-order valence-corrected chi connectivity index (χ1v) is 6.35. The lowest BCUT2D eigenvalue weighted by Gasteiger charge is -2.14. The number of rotatable bonds is 8. The van der Waals surface area contributed by atoms with E-state index in [1.165, 1.54) is 18.5 Å². The number of benzene rings is 1. The van der Waals surface area contributed by atoms with Crippen LogP contribution in [-0.4, -0.2) is 33.8 Å². The zero-order valence-electron chi connectivity index (χ0n) is 11.2. The minimum Gasteiger partial charge on any atom is -0.492 e. The molecule has 0 saturated heterocycles. The van der Waals surface area contributed by atoms with Crippen molar-refractivity contribution in [3.05, 3.63) is 24.3 Å². The molecule has 0 heterocycles. The Hall–Kier alpha value is -1.22. The van der Waals surface area contributed by atoms with Crippen LogP contribution in [0.2, 0.25) is 0 Å². The molecule has 0 fully saturated rings. The Balaban J connectivity index is 2.24. The second-order valence-electron chi connectivity index (χ2n) is 4.34. The van der Waals surface area contributed by atoms with Gasteiger partial charge < -0.3 is 15.0 Å². The fraction of sp³-hybridized carbons (Fsp3) is 0.571. The Morgan fingerprint density at radius 2 is 2.06 bits per heavy atom. The van der Waals surface area contributed by atoms with Crippen molar-refractivity contribution >= 4 is 5.69 Å². The molecule has 0 unspecified atom stereocenters. The van der Waals surface area contributed by atoms with Gasteiger partial charge in [0.1, 0.15) is 12.4 Å². The SMILES string of the molecule is CCCCNCCOc1cccc(N(C)C)c1. The van der Waals surface area contributed by atoms with E-state index < -0.39 is 0 Å². The fourth-order valence-corrected chi connectivity index (χ4v) is 1.52. The molecule has 0 radical (unpaired) electrons. The molecule has 0 aromatic heterocycles. The molecule has 3 heteroatoms. The topological polar surface area (TPSA) is 24.5 Å². The number of nitrogens with one attached hydrogen (secondary N) is 1. The average Bonchev–Trinajstić information content (AvgIpc) is 2.34. The molecule has 96 valence electrons. The highest BCUT2D eigenvalue weighted by atomic mass is 16.5. The van der Waals surface area contributed by atoms with Gasteiger partial charge in [-0.25, -0.2) is 0 Å². The van der Waals surface area contributed by atoms with Crippen LogP contribution in [0.5, 0.6) is 5.75 Å². The highest BCUT2D eigenvalue weighted by Crippen LogP contribution is 2.18. The minimum absolute atomic E-state index is 0.723. The van der Waals surface area contributed by atoms with E-state index in [1.54, 1.807) is 0 Å². The third-order valence-electron chi connectivity index (χ3n) is 2.59. The minimum atomic E-state index is 0.723. The number of ether oxygens (including phenoxy) is 1. The van der Waals surface area contributed by atoms with Crippen LogP contribution in [0, 0.1) is 0 Å². The summed E-state index contributed by atoms with van der Waals surface area (Å²) in [4.78, 5) is 2.08. The largest absolute Gasteiger partial charge is 0.492 e. The molecule has 0 spiro atoms. The molecule has 0 aliphatic heterocycles. The van der Waals surface area contributed by atoms with Gasteiger partial charge in [-0.1, -0.05) is 19.4 Å². The van der Waals surface area contributed by atoms with Crippen LogP contribution in [0.1, 0.15) is 19.8 Å². The molecule has 0 bridgehead atoms. The van der Waals surface area contributed by atoms with Crippen LogP contribution < -0.4 is 15.0 Å². The van der Waals surface area contributed by atoms with Crippen LogP contribution in [0.15, 0.2) is 24.3 Å². The maximum Gasteiger partial charge on any atom is 0.121 e. The third kappa shape index (κ3) is 5.59. The number of unbranched alkanes of at least 4 members (excludes halogenated alkanes) is 1. The summed E-state index contributed by atoms with van der Waals surface area (Å²) in [5, 5.41) is 3.36. The predicted molar refractivity (Wildman–Crippen MR) is 74.0 cm³/mol. The Bertz CT molecular complexity index is 313. The van der Waals surface area contributed by atoms with Gasteiger partial charge in [0.15, 0.2) is 0 Å². The fourth-order valence-electron chi connectivity index (χ4n) is 1.52. The Morgan fingerprint density at radius 3 is 2.76 bits per heavy atom. The molecule has 0 aliphatic rings. The second-order valence-corrected chi connectivity index (χ2v) is 4.34. The van der Waals surface area contributed by atoms with Gasteiger partial charge in [-0.15, -0.1) is 0 Å². The maximum atomic E-state index is 5.69. The first-order valence-electron chi connectivity index (χ1n) is 6.35. The third-order valence-corrected chi connectivity index (χ3v) is 2.59. The molecule has 0 atom stereocenters. The van der Waals surface area contributed by atoms with E-state index in [0.717, 1.165) is 25.4 Å². The van der Waals surface area contributed by atoms with Crippen molar-refractivity contribution in [2.45, 2.75) is 19.8 Å². The van der Waals surface area contributed by atoms with Gasteiger partial charge in [-0.3, -0.25) is 0 Å². The first kappa shape index (κ1) is 13.8. The smallest absolute Gasteiger partial charge is 0.121 e. The summed E-state index contributed by atoms with van der Waals surface area (Å²) >= 11 is 0. The lowest BCUT2D eigenvalue weighted by molar-refractivity contribution is 0.314. The van der Waals surface area contributed by atoms with Crippen molar-refractivity contribution in [2.75, 3.05) is 38.7 Å². The summed E-state index contributed by atoms with van der Waals surface area (Å²) in [7, 11) is 4.07. The van der Waals surface area contributed by atoms with E-state index in [4.69, 9.17) is 4.74 Å². The normalized spacial score (nSPS) is 10.3. The maximum absolute atomic E-state index is 5.69. The zero-order valence-corrected chi connectivity index (χ0v) is 11.2. The van der Waals surface area contributed by atoms with Crippen molar-refractivity contribution in [1.29, 1.82) is 0 Å².